The van der Waals surface area contributed by atoms with Gasteiger partial charge in [0.1, 0.15) is 0 Å². The van der Waals surface area contributed by atoms with Crippen molar-refractivity contribution in [1.29, 1.82) is 0 Å². The minimum absolute atomic E-state index is 0.426. The lowest BCUT2D eigenvalue weighted by Crippen LogP contribution is -2.25. The van der Waals surface area contributed by atoms with E-state index < -0.39 is 0 Å². The van der Waals surface area contributed by atoms with Crippen LogP contribution in [-0.4, -0.2) is 29.3 Å². The van der Waals surface area contributed by atoms with Crippen LogP contribution in [0.25, 0.3) is 11.3 Å². The van der Waals surface area contributed by atoms with Crippen LogP contribution in [0.15, 0.2) is 71.5 Å². The first kappa shape index (κ1) is 18.4. The molecular weight excluding hydrogens is 354 g/mol. The van der Waals surface area contributed by atoms with Gasteiger partial charge in [-0.05, 0) is 62.0 Å². The fraction of sp³-hybridized carbons (Fsp3) is 0.346. The molecule has 1 aromatic heterocycles. The summed E-state index contributed by atoms with van der Waals surface area (Å²) in [6.07, 6.45) is 14.8. The lowest BCUT2D eigenvalue weighted by Gasteiger charge is -2.29. The number of fused-ring (bicyclic) bond motifs is 1. The highest BCUT2D eigenvalue weighted by atomic mass is 15.1. The molecule has 0 amide bonds. The molecule has 2 atom stereocenters. The Morgan fingerprint density at radius 1 is 1.17 bits per heavy atom. The van der Waals surface area contributed by atoms with E-state index in [1.54, 1.807) is 0 Å². The van der Waals surface area contributed by atoms with Gasteiger partial charge in [0.15, 0.2) is 0 Å². The number of hydrogen-bond donors (Lipinski definition) is 0. The van der Waals surface area contributed by atoms with Gasteiger partial charge in [-0.3, -0.25) is 4.99 Å². The number of benzene rings is 1. The van der Waals surface area contributed by atoms with Crippen molar-refractivity contribution in [2.45, 2.75) is 32.7 Å². The molecule has 3 aliphatic rings. The summed E-state index contributed by atoms with van der Waals surface area (Å²) in [4.78, 5) is 7.41. The van der Waals surface area contributed by atoms with Crippen molar-refractivity contribution in [1.82, 2.24) is 9.47 Å². The first-order valence-electron chi connectivity index (χ1n) is 10.8. The maximum absolute atomic E-state index is 4.99. The number of allylic oxidation sites excluding steroid dienone is 6. The summed E-state index contributed by atoms with van der Waals surface area (Å²) in [6.45, 7) is 4.43. The van der Waals surface area contributed by atoms with Crippen LogP contribution in [0.4, 0.5) is 0 Å². The van der Waals surface area contributed by atoms with Gasteiger partial charge in [0, 0.05) is 30.4 Å². The summed E-state index contributed by atoms with van der Waals surface area (Å²) in [5, 5.41) is 0. The van der Waals surface area contributed by atoms with E-state index in [0.29, 0.717) is 11.8 Å². The van der Waals surface area contributed by atoms with Crippen LogP contribution in [0, 0.1) is 11.8 Å². The Labute approximate surface area is 173 Å². The number of aryl methyl sites for hydroxylation is 1. The van der Waals surface area contributed by atoms with Crippen LogP contribution in [0.2, 0.25) is 0 Å². The first-order chi connectivity index (χ1) is 14.2. The zero-order chi connectivity index (χ0) is 19.8. The van der Waals surface area contributed by atoms with Crippen LogP contribution < -0.4 is 0 Å². The average Bonchev–Trinajstić information content (AvgIpc) is 3.09. The molecule has 2 aliphatic carbocycles. The molecule has 3 nitrogen and oxygen atoms in total. The number of aliphatic imine (C=N–C) groups is 1. The van der Waals surface area contributed by atoms with Crippen LogP contribution >= 0.6 is 0 Å². The molecule has 2 unspecified atom stereocenters. The van der Waals surface area contributed by atoms with E-state index in [2.05, 4.69) is 90.5 Å². The van der Waals surface area contributed by atoms with Crippen molar-refractivity contribution in [2.24, 2.45) is 16.8 Å². The monoisotopic (exact) mass is 383 g/mol. The zero-order valence-electron chi connectivity index (χ0n) is 17.4. The molecule has 1 aromatic carbocycles. The van der Waals surface area contributed by atoms with Gasteiger partial charge in [-0.1, -0.05) is 49.4 Å². The Kier molecular flexibility index (Phi) is 4.84. The molecule has 2 aromatic rings. The molecule has 2 heterocycles. The SMILES string of the molecule is CC1C2=C(C=CC1CCN(C)Cc1ccccc1)n1ccc3c1C(=CCC3)C=N2. The molecule has 0 N–H and O–H groups in total. The summed E-state index contributed by atoms with van der Waals surface area (Å²) < 4.78 is 2.37. The minimum Gasteiger partial charge on any atom is -0.314 e. The van der Waals surface area contributed by atoms with Gasteiger partial charge in [0.2, 0.25) is 0 Å². The molecule has 0 spiro atoms. The topological polar surface area (TPSA) is 20.5 Å². The first-order valence-corrected chi connectivity index (χ1v) is 10.8. The van der Waals surface area contributed by atoms with Gasteiger partial charge in [-0.15, -0.1) is 0 Å². The van der Waals surface area contributed by atoms with Gasteiger partial charge < -0.3 is 9.47 Å². The van der Waals surface area contributed by atoms with Crippen molar-refractivity contribution in [3.63, 3.8) is 0 Å². The summed E-state index contributed by atoms with van der Waals surface area (Å²) in [7, 11) is 2.22. The van der Waals surface area contributed by atoms with E-state index in [4.69, 9.17) is 4.99 Å². The Morgan fingerprint density at radius 3 is 2.90 bits per heavy atom. The fourth-order valence-electron chi connectivity index (χ4n) is 4.91. The van der Waals surface area contributed by atoms with Crippen molar-refractivity contribution in [3.8, 4) is 0 Å². The van der Waals surface area contributed by atoms with Crippen LogP contribution in [0.3, 0.4) is 0 Å². The minimum atomic E-state index is 0.426. The highest BCUT2D eigenvalue weighted by Crippen LogP contribution is 2.39. The molecule has 0 radical (unpaired) electrons. The predicted octanol–water partition coefficient (Wildman–Crippen LogP) is 5.41. The lowest BCUT2D eigenvalue weighted by atomic mass is 9.83. The number of nitrogens with zero attached hydrogens (tertiary/aromatic N) is 3. The number of aromatic nitrogens is 1. The van der Waals surface area contributed by atoms with E-state index in [0.717, 1.165) is 32.4 Å². The highest BCUT2D eigenvalue weighted by molar-refractivity contribution is 6.12. The summed E-state index contributed by atoms with van der Waals surface area (Å²) in [5.41, 5.74) is 7.95. The molecule has 0 bridgehead atoms. The quantitative estimate of drug-likeness (QED) is 0.676. The molecule has 148 valence electrons. The van der Waals surface area contributed by atoms with Crippen molar-refractivity contribution < 1.29 is 0 Å². The maximum Gasteiger partial charge on any atom is 0.0677 e. The second kappa shape index (κ2) is 7.64. The summed E-state index contributed by atoms with van der Waals surface area (Å²) in [6, 6.07) is 13.0. The Hall–Kier alpha value is -2.65. The molecule has 3 heteroatoms. The van der Waals surface area contributed by atoms with Gasteiger partial charge in [-0.2, -0.15) is 0 Å². The highest BCUT2D eigenvalue weighted by Gasteiger charge is 2.29. The van der Waals surface area contributed by atoms with Crippen LogP contribution in [-0.2, 0) is 13.0 Å². The average molecular weight is 384 g/mol. The molecule has 0 saturated heterocycles. The molecule has 29 heavy (non-hydrogen) atoms. The van der Waals surface area contributed by atoms with Crippen molar-refractivity contribution in [3.05, 3.63) is 83.3 Å². The number of hydrogen-bond acceptors (Lipinski definition) is 2. The third kappa shape index (κ3) is 3.44. The van der Waals surface area contributed by atoms with Crippen LogP contribution in [0.1, 0.15) is 36.6 Å². The van der Waals surface area contributed by atoms with Gasteiger partial charge >= 0.3 is 0 Å². The Morgan fingerprint density at radius 2 is 2.03 bits per heavy atom. The predicted molar refractivity (Wildman–Crippen MR) is 122 cm³/mol. The molecule has 0 fully saturated rings. The second-order valence-corrected chi connectivity index (χ2v) is 8.61. The zero-order valence-corrected chi connectivity index (χ0v) is 17.4. The standard InChI is InChI=1S/C26H29N3/c1-19-21(13-15-28(2)18-20-7-4-3-5-8-20)11-12-24-25(19)27-17-23-10-6-9-22-14-16-29(24)26(22)23/h3-5,7-8,10-12,14,16-17,19,21H,6,9,13,15,18H2,1-2H3. The van der Waals surface area contributed by atoms with Crippen LogP contribution in [0.5, 0.6) is 0 Å². The fourth-order valence-corrected chi connectivity index (χ4v) is 4.91. The molecule has 1 aliphatic heterocycles. The summed E-state index contributed by atoms with van der Waals surface area (Å²) in [5.74, 6) is 0.952. The second-order valence-electron chi connectivity index (χ2n) is 8.61. The van der Waals surface area contributed by atoms with Gasteiger partial charge in [0.25, 0.3) is 0 Å². The van der Waals surface area contributed by atoms with E-state index in [1.165, 1.54) is 33.8 Å². The molecular formula is C26H29N3. The lowest BCUT2D eigenvalue weighted by molar-refractivity contribution is 0.289. The van der Waals surface area contributed by atoms with Gasteiger partial charge in [-0.25, -0.2) is 0 Å². The molecule has 0 saturated carbocycles. The normalized spacial score (nSPS) is 22.4. The van der Waals surface area contributed by atoms with Crippen molar-refractivity contribution >= 4 is 17.5 Å². The van der Waals surface area contributed by atoms with E-state index in [9.17, 15) is 0 Å². The van der Waals surface area contributed by atoms with E-state index >= 15 is 0 Å². The van der Waals surface area contributed by atoms with E-state index in [-0.39, 0.29) is 0 Å². The maximum atomic E-state index is 4.99. The van der Waals surface area contributed by atoms with E-state index in [1.807, 2.05) is 0 Å². The Balaban J connectivity index is 1.32. The van der Waals surface area contributed by atoms with Gasteiger partial charge in [0.05, 0.1) is 17.1 Å². The Bertz CT molecular complexity index is 1020. The largest absolute Gasteiger partial charge is 0.314 e. The summed E-state index contributed by atoms with van der Waals surface area (Å²) >= 11 is 0. The number of rotatable bonds is 5. The third-order valence-electron chi connectivity index (χ3n) is 6.60. The molecule has 5 rings (SSSR count). The third-order valence-corrected chi connectivity index (χ3v) is 6.60. The van der Waals surface area contributed by atoms with Crippen molar-refractivity contribution in [2.75, 3.05) is 13.6 Å². The smallest absolute Gasteiger partial charge is 0.0677 e.